The van der Waals surface area contributed by atoms with E-state index in [1.165, 1.54) is 0 Å². The molecule has 1 aliphatic rings. The van der Waals surface area contributed by atoms with Crippen LogP contribution in [-0.4, -0.2) is 56.5 Å². The summed E-state index contributed by atoms with van der Waals surface area (Å²) < 4.78 is 40.3. The predicted octanol–water partition coefficient (Wildman–Crippen LogP) is 2.03. The zero-order valence-corrected chi connectivity index (χ0v) is 10.9. The standard InChI is InChI=1S/C12H23F3N2O/c1-2-5-16-11-4-3-6-17(9-11)7-8-18-10-12(13,14)15/h11,16H,2-10H2,1H3. The second kappa shape index (κ2) is 7.96. The Morgan fingerprint density at radius 1 is 1.39 bits per heavy atom. The summed E-state index contributed by atoms with van der Waals surface area (Å²) in [6, 6.07) is 0.473. The highest BCUT2D eigenvalue weighted by molar-refractivity contribution is 4.77. The van der Waals surface area contributed by atoms with Gasteiger partial charge in [0.15, 0.2) is 0 Å². The van der Waals surface area contributed by atoms with E-state index in [-0.39, 0.29) is 6.61 Å². The molecular formula is C12H23F3N2O. The van der Waals surface area contributed by atoms with Crippen molar-refractivity contribution in [3.05, 3.63) is 0 Å². The van der Waals surface area contributed by atoms with Gasteiger partial charge in [-0.3, -0.25) is 4.90 Å². The summed E-state index contributed by atoms with van der Waals surface area (Å²) >= 11 is 0. The number of hydrogen-bond acceptors (Lipinski definition) is 3. The Hall–Kier alpha value is -0.330. The Bertz CT molecular complexity index is 224. The maximum atomic E-state index is 11.9. The molecule has 0 spiro atoms. The average Bonchev–Trinajstić information content (AvgIpc) is 2.31. The van der Waals surface area contributed by atoms with Gasteiger partial charge in [-0.25, -0.2) is 0 Å². The van der Waals surface area contributed by atoms with E-state index in [1.54, 1.807) is 0 Å². The molecule has 108 valence electrons. The first-order chi connectivity index (χ1) is 8.51. The molecule has 6 heteroatoms. The molecule has 1 fully saturated rings. The number of nitrogens with zero attached hydrogens (tertiary/aromatic N) is 1. The van der Waals surface area contributed by atoms with Gasteiger partial charge in [-0.05, 0) is 32.4 Å². The van der Waals surface area contributed by atoms with Gasteiger partial charge in [0.05, 0.1) is 6.61 Å². The molecule has 0 aromatic carbocycles. The van der Waals surface area contributed by atoms with Gasteiger partial charge in [-0.2, -0.15) is 13.2 Å². The monoisotopic (exact) mass is 268 g/mol. The van der Waals surface area contributed by atoms with Crippen molar-refractivity contribution in [3.8, 4) is 0 Å². The third-order valence-corrected chi connectivity index (χ3v) is 3.01. The predicted molar refractivity (Wildman–Crippen MR) is 64.6 cm³/mol. The fourth-order valence-electron chi connectivity index (χ4n) is 2.16. The Morgan fingerprint density at radius 2 is 2.17 bits per heavy atom. The van der Waals surface area contributed by atoms with Crippen molar-refractivity contribution in [2.75, 3.05) is 39.4 Å². The normalized spacial score (nSPS) is 22.3. The van der Waals surface area contributed by atoms with Gasteiger partial charge < -0.3 is 10.1 Å². The van der Waals surface area contributed by atoms with Gasteiger partial charge in [0, 0.05) is 19.1 Å². The third-order valence-electron chi connectivity index (χ3n) is 3.01. The quantitative estimate of drug-likeness (QED) is 0.715. The summed E-state index contributed by atoms with van der Waals surface area (Å²) in [7, 11) is 0. The lowest BCUT2D eigenvalue weighted by molar-refractivity contribution is -0.174. The van der Waals surface area contributed by atoms with E-state index in [0.717, 1.165) is 38.9 Å². The highest BCUT2D eigenvalue weighted by Gasteiger charge is 2.27. The molecular weight excluding hydrogens is 245 g/mol. The van der Waals surface area contributed by atoms with Crippen molar-refractivity contribution in [2.24, 2.45) is 0 Å². The molecule has 1 unspecified atom stereocenters. The van der Waals surface area contributed by atoms with Crippen LogP contribution in [0, 0.1) is 0 Å². The summed E-state index contributed by atoms with van der Waals surface area (Å²) in [6.07, 6.45) is -0.862. The molecule has 1 heterocycles. The van der Waals surface area contributed by atoms with Crippen molar-refractivity contribution >= 4 is 0 Å². The summed E-state index contributed by atoms with van der Waals surface area (Å²) in [6.45, 7) is 4.59. The van der Waals surface area contributed by atoms with Crippen LogP contribution in [0.3, 0.4) is 0 Å². The van der Waals surface area contributed by atoms with Crippen molar-refractivity contribution in [1.82, 2.24) is 10.2 Å². The molecule has 0 amide bonds. The molecule has 0 aliphatic carbocycles. The fourth-order valence-corrected chi connectivity index (χ4v) is 2.16. The SMILES string of the molecule is CCCNC1CCCN(CCOCC(F)(F)F)C1. The van der Waals surface area contributed by atoms with Crippen LogP contribution in [-0.2, 0) is 4.74 Å². The van der Waals surface area contributed by atoms with Crippen LogP contribution in [0.5, 0.6) is 0 Å². The Balaban J connectivity index is 2.10. The molecule has 1 rings (SSSR count). The van der Waals surface area contributed by atoms with Gasteiger partial charge >= 0.3 is 6.18 Å². The lowest BCUT2D eigenvalue weighted by Crippen LogP contribution is -2.46. The van der Waals surface area contributed by atoms with Crippen molar-refractivity contribution in [1.29, 1.82) is 0 Å². The number of alkyl halides is 3. The fraction of sp³-hybridized carbons (Fsp3) is 1.00. The van der Waals surface area contributed by atoms with Crippen LogP contribution in [0.4, 0.5) is 13.2 Å². The molecule has 1 saturated heterocycles. The van der Waals surface area contributed by atoms with Gasteiger partial charge in [0.1, 0.15) is 6.61 Å². The van der Waals surface area contributed by atoms with Gasteiger partial charge in [0.25, 0.3) is 0 Å². The Labute approximate surface area is 107 Å². The number of likely N-dealkylation sites (tertiary alicyclic amines) is 1. The number of piperidine rings is 1. The smallest absolute Gasteiger partial charge is 0.371 e. The third kappa shape index (κ3) is 7.18. The number of halogens is 3. The minimum atomic E-state index is -4.22. The summed E-state index contributed by atoms with van der Waals surface area (Å²) in [5.41, 5.74) is 0. The molecule has 0 bridgehead atoms. The maximum absolute atomic E-state index is 11.9. The number of hydrogen-bond donors (Lipinski definition) is 1. The van der Waals surface area contributed by atoms with Crippen LogP contribution < -0.4 is 5.32 Å². The molecule has 0 aromatic heterocycles. The lowest BCUT2D eigenvalue weighted by atomic mass is 10.1. The van der Waals surface area contributed by atoms with E-state index >= 15 is 0 Å². The number of rotatable bonds is 7. The first kappa shape index (κ1) is 15.7. The maximum Gasteiger partial charge on any atom is 0.411 e. The zero-order chi connectivity index (χ0) is 13.4. The summed E-state index contributed by atoms with van der Waals surface area (Å²) in [4.78, 5) is 2.17. The van der Waals surface area contributed by atoms with E-state index in [0.29, 0.717) is 12.6 Å². The molecule has 1 aliphatic heterocycles. The molecule has 0 aromatic rings. The van der Waals surface area contributed by atoms with E-state index in [1.807, 2.05) is 0 Å². The zero-order valence-electron chi connectivity index (χ0n) is 10.9. The van der Waals surface area contributed by atoms with E-state index in [2.05, 4.69) is 21.9 Å². The lowest BCUT2D eigenvalue weighted by Gasteiger charge is -2.33. The molecule has 1 N–H and O–H groups in total. The molecule has 0 saturated carbocycles. The summed E-state index contributed by atoms with van der Waals surface area (Å²) in [5, 5.41) is 3.45. The minimum Gasteiger partial charge on any atom is -0.371 e. The van der Waals surface area contributed by atoms with Crippen LogP contribution in [0.1, 0.15) is 26.2 Å². The highest BCUT2D eigenvalue weighted by atomic mass is 19.4. The molecule has 0 radical (unpaired) electrons. The van der Waals surface area contributed by atoms with Gasteiger partial charge in [-0.15, -0.1) is 0 Å². The van der Waals surface area contributed by atoms with Gasteiger partial charge in [-0.1, -0.05) is 6.92 Å². The van der Waals surface area contributed by atoms with E-state index < -0.39 is 12.8 Å². The van der Waals surface area contributed by atoms with Crippen LogP contribution in [0.25, 0.3) is 0 Å². The molecule has 1 atom stereocenters. The van der Waals surface area contributed by atoms with Crippen molar-refractivity contribution in [2.45, 2.75) is 38.4 Å². The second-order valence-corrected chi connectivity index (χ2v) is 4.76. The average molecular weight is 268 g/mol. The first-order valence-corrected chi connectivity index (χ1v) is 6.61. The Kier molecular flexibility index (Phi) is 6.96. The minimum absolute atomic E-state index is 0.153. The van der Waals surface area contributed by atoms with Crippen LogP contribution >= 0.6 is 0 Å². The van der Waals surface area contributed by atoms with E-state index in [9.17, 15) is 13.2 Å². The highest BCUT2D eigenvalue weighted by Crippen LogP contribution is 2.14. The summed E-state index contributed by atoms with van der Waals surface area (Å²) in [5.74, 6) is 0. The largest absolute Gasteiger partial charge is 0.411 e. The first-order valence-electron chi connectivity index (χ1n) is 6.61. The second-order valence-electron chi connectivity index (χ2n) is 4.76. The topological polar surface area (TPSA) is 24.5 Å². The molecule has 18 heavy (non-hydrogen) atoms. The Morgan fingerprint density at radius 3 is 2.83 bits per heavy atom. The van der Waals surface area contributed by atoms with Gasteiger partial charge in [0.2, 0.25) is 0 Å². The van der Waals surface area contributed by atoms with Crippen molar-refractivity contribution < 1.29 is 17.9 Å². The molecule has 3 nitrogen and oxygen atoms in total. The van der Waals surface area contributed by atoms with Crippen LogP contribution in [0.15, 0.2) is 0 Å². The number of ether oxygens (including phenoxy) is 1. The van der Waals surface area contributed by atoms with Crippen LogP contribution in [0.2, 0.25) is 0 Å². The van der Waals surface area contributed by atoms with Crippen molar-refractivity contribution in [3.63, 3.8) is 0 Å². The number of nitrogens with one attached hydrogen (secondary N) is 1. The van der Waals surface area contributed by atoms with E-state index in [4.69, 9.17) is 0 Å².